The van der Waals surface area contributed by atoms with E-state index >= 15 is 0 Å². The molecule has 0 aliphatic heterocycles. The van der Waals surface area contributed by atoms with Gasteiger partial charge in [0.2, 0.25) is 5.95 Å². The summed E-state index contributed by atoms with van der Waals surface area (Å²) in [4.78, 5) is 30.1. The Kier molecular flexibility index (Phi) is 4.48. The minimum absolute atomic E-state index is 0.0486. The molecule has 136 valence electrons. The number of aryl methyl sites for hydroxylation is 2. The Morgan fingerprint density at radius 1 is 1.35 bits per heavy atom. The molecule has 0 bridgehead atoms. The average molecular weight is 358 g/mol. The Balaban J connectivity index is 1.90. The molecule has 0 amide bonds. The Labute approximate surface area is 147 Å². The molecule has 0 unspecified atom stereocenters. The molecule has 2 heterocycles. The predicted octanol–water partition coefficient (Wildman–Crippen LogP) is 0.511. The first-order valence-electron chi connectivity index (χ1n) is 7.83. The van der Waals surface area contributed by atoms with Crippen molar-refractivity contribution in [2.45, 2.75) is 6.92 Å². The number of phenols is 1. The van der Waals surface area contributed by atoms with Gasteiger partial charge in [-0.15, -0.1) is 0 Å². The maximum atomic E-state index is 12.0. The summed E-state index contributed by atoms with van der Waals surface area (Å²) in [6.45, 7) is 2.25. The number of nitrogens with zero attached hydrogens (tertiary/aromatic N) is 4. The van der Waals surface area contributed by atoms with E-state index in [9.17, 15) is 14.7 Å². The van der Waals surface area contributed by atoms with Gasteiger partial charge in [0.1, 0.15) is 0 Å². The molecule has 2 aromatic heterocycles. The number of aromatic hydroxyl groups is 1. The van der Waals surface area contributed by atoms with Crippen molar-refractivity contribution < 1.29 is 9.84 Å². The second-order valence-corrected chi connectivity index (χ2v) is 5.52. The second-order valence-electron chi connectivity index (χ2n) is 5.52. The standard InChI is InChI=1S/C16H18N6O4/c1-4-26-11-7-9(5-6-10(11)23)8-17-20-15-18-13-12(21(15)2)14(24)19-16(25)22(13)3/h5-8,23H,4H2,1-3H3,(H,18,20)(H,19,24,25). The summed E-state index contributed by atoms with van der Waals surface area (Å²) >= 11 is 0. The quantitative estimate of drug-likeness (QED) is 0.451. The molecule has 0 aliphatic carbocycles. The van der Waals surface area contributed by atoms with Crippen LogP contribution in [-0.4, -0.2) is 37.0 Å². The highest BCUT2D eigenvalue weighted by molar-refractivity contribution is 5.81. The van der Waals surface area contributed by atoms with E-state index in [1.165, 1.54) is 28.5 Å². The molecular formula is C16H18N6O4. The zero-order valence-corrected chi connectivity index (χ0v) is 14.5. The normalized spacial score (nSPS) is 11.3. The van der Waals surface area contributed by atoms with Gasteiger partial charge < -0.3 is 14.4 Å². The van der Waals surface area contributed by atoms with Crippen molar-refractivity contribution in [1.82, 2.24) is 19.1 Å². The zero-order chi connectivity index (χ0) is 18.8. The van der Waals surface area contributed by atoms with E-state index in [4.69, 9.17) is 4.74 Å². The monoisotopic (exact) mass is 358 g/mol. The van der Waals surface area contributed by atoms with Crippen molar-refractivity contribution in [2.24, 2.45) is 19.2 Å². The van der Waals surface area contributed by atoms with Crippen molar-refractivity contribution in [1.29, 1.82) is 0 Å². The highest BCUT2D eigenvalue weighted by Gasteiger charge is 2.14. The average Bonchev–Trinajstić information content (AvgIpc) is 2.93. The fourth-order valence-electron chi connectivity index (χ4n) is 2.45. The molecule has 0 radical (unpaired) electrons. The second kappa shape index (κ2) is 6.75. The van der Waals surface area contributed by atoms with E-state index in [1.807, 2.05) is 6.92 Å². The van der Waals surface area contributed by atoms with Crippen LogP contribution in [0.3, 0.4) is 0 Å². The van der Waals surface area contributed by atoms with Gasteiger partial charge in [-0.05, 0) is 30.7 Å². The molecule has 0 saturated carbocycles. The minimum Gasteiger partial charge on any atom is -0.504 e. The topological polar surface area (TPSA) is 127 Å². The predicted molar refractivity (Wildman–Crippen MR) is 97.1 cm³/mol. The van der Waals surface area contributed by atoms with E-state index in [-0.39, 0.29) is 16.9 Å². The first-order valence-corrected chi connectivity index (χ1v) is 7.83. The van der Waals surface area contributed by atoms with Gasteiger partial charge in [-0.25, -0.2) is 10.2 Å². The fourth-order valence-corrected chi connectivity index (χ4v) is 2.45. The SMILES string of the molecule is CCOc1cc(C=NNc2nc3c(c(=O)[nH]c(=O)n3C)n2C)ccc1O. The summed E-state index contributed by atoms with van der Waals surface area (Å²) in [7, 11) is 3.16. The number of nitrogens with one attached hydrogen (secondary N) is 2. The number of aromatic amines is 1. The van der Waals surface area contributed by atoms with E-state index in [0.717, 1.165) is 0 Å². The van der Waals surface area contributed by atoms with Crippen molar-refractivity contribution in [3.8, 4) is 11.5 Å². The van der Waals surface area contributed by atoms with Crippen LogP contribution in [-0.2, 0) is 14.1 Å². The van der Waals surface area contributed by atoms with Crippen molar-refractivity contribution in [3.63, 3.8) is 0 Å². The van der Waals surface area contributed by atoms with Gasteiger partial charge in [-0.2, -0.15) is 10.1 Å². The lowest BCUT2D eigenvalue weighted by atomic mass is 10.2. The number of anilines is 1. The fraction of sp³-hybridized carbons (Fsp3) is 0.250. The Morgan fingerprint density at radius 2 is 2.12 bits per heavy atom. The largest absolute Gasteiger partial charge is 0.504 e. The Morgan fingerprint density at radius 3 is 2.85 bits per heavy atom. The van der Waals surface area contributed by atoms with Gasteiger partial charge in [-0.3, -0.25) is 14.3 Å². The van der Waals surface area contributed by atoms with Gasteiger partial charge in [-0.1, -0.05) is 0 Å². The summed E-state index contributed by atoms with van der Waals surface area (Å²) in [5.41, 5.74) is 2.89. The molecule has 0 spiro atoms. The van der Waals surface area contributed by atoms with Crippen LogP contribution in [0.4, 0.5) is 5.95 Å². The molecule has 3 rings (SSSR count). The molecule has 3 N–H and O–H groups in total. The molecule has 0 saturated heterocycles. The number of rotatable bonds is 5. The zero-order valence-electron chi connectivity index (χ0n) is 14.5. The number of hydrogen-bond acceptors (Lipinski definition) is 7. The molecule has 0 atom stereocenters. The highest BCUT2D eigenvalue weighted by atomic mass is 16.5. The third kappa shape index (κ3) is 3.04. The van der Waals surface area contributed by atoms with Gasteiger partial charge in [0.15, 0.2) is 22.7 Å². The van der Waals surface area contributed by atoms with Crippen LogP contribution >= 0.6 is 0 Å². The Hall–Kier alpha value is -3.56. The van der Waals surface area contributed by atoms with Gasteiger partial charge in [0, 0.05) is 14.1 Å². The molecule has 10 heteroatoms. The van der Waals surface area contributed by atoms with Crippen LogP contribution in [0.1, 0.15) is 12.5 Å². The van der Waals surface area contributed by atoms with E-state index in [1.54, 1.807) is 19.2 Å². The van der Waals surface area contributed by atoms with Crippen molar-refractivity contribution >= 4 is 23.3 Å². The smallest absolute Gasteiger partial charge is 0.329 e. The summed E-state index contributed by atoms with van der Waals surface area (Å²) in [6.07, 6.45) is 1.52. The van der Waals surface area contributed by atoms with Crippen molar-refractivity contribution in [2.75, 3.05) is 12.0 Å². The van der Waals surface area contributed by atoms with Gasteiger partial charge >= 0.3 is 5.69 Å². The minimum atomic E-state index is -0.539. The van der Waals surface area contributed by atoms with E-state index in [0.29, 0.717) is 23.9 Å². The molecule has 0 aliphatic rings. The lowest BCUT2D eigenvalue weighted by Gasteiger charge is -2.06. The molecule has 0 fully saturated rings. The van der Waals surface area contributed by atoms with Crippen LogP contribution < -0.4 is 21.4 Å². The number of phenolic OH excluding ortho intramolecular Hbond substituents is 1. The first kappa shape index (κ1) is 17.3. The molecule has 3 aromatic rings. The number of H-pyrrole nitrogens is 1. The maximum absolute atomic E-state index is 12.0. The number of benzene rings is 1. The lowest BCUT2D eigenvalue weighted by molar-refractivity contribution is 0.318. The molecular weight excluding hydrogens is 340 g/mol. The first-order chi connectivity index (χ1) is 12.4. The summed E-state index contributed by atoms with van der Waals surface area (Å²) in [5.74, 6) is 0.708. The molecule has 1 aromatic carbocycles. The molecule has 10 nitrogen and oxygen atoms in total. The van der Waals surface area contributed by atoms with Crippen LogP contribution in [0.5, 0.6) is 11.5 Å². The van der Waals surface area contributed by atoms with E-state index in [2.05, 4.69) is 20.5 Å². The molecule has 26 heavy (non-hydrogen) atoms. The van der Waals surface area contributed by atoms with Gasteiger partial charge in [0.25, 0.3) is 5.56 Å². The van der Waals surface area contributed by atoms with E-state index < -0.39 is 11.2 Å². The number of ether oxygens (including phenoxy) is 1. The third-order valence-corrected chi connectivity index (χ3v) is 3.80. The number of fused-ring (bicyclic) bond motifs is 1. The number of aromatic nitrogens is 4. The number of hydrazone groups is 1. The van der Waals surface area contributed by atoms with Crippen molar-refractivity contribution in [3.05, 3.63) is 44.6 Å². The van der Waals surface area contributed by atoms with Crippen LogP contribution in [0.15, 0.2) is 32.9 Å². The van der Waals surface area contributed by atoms with Crippen LogP contribution in [0.2, 0.25) is 0 Å². The summed E-state index contributed by atoms with van der Waals surface area (Å²) in [6, 6.07) is 4.83. The van der Waals surface area contributed by atoms with Crippen LogP contribution in [0.25, 0.3) is 11.2 Å². The third-order valence-electron chi connectivity index (χ3n) is 3.80. The highest BCUT2D eigenvalue weighted by Crippen LogP contribution is 2.26. The number of imidazole rings is 1. The Bertz CT molecular complexity index is 1110. The summed E-state index contributed by atoms with van der Waals surface area (Å²) in [5, 5.41) is 13.8. The lowest BCUT2D eigenvalue weighted by Crippen LogP contribution is -2.29. The maximum Gasteiger partial charge on any atom is 0.329 e. The number of hydrogen-bond donors (Lipinski definition) is 3. The summed E-state index contributed by atoms with van der Waals surface area (Å²) < 4.78 is 8.08. The van der Waals surface area contributed by atoms with Crippen LogP contribution in [0, 0.1) is 0 Å². The van der Waals surface area contributed by atoms with Gasteiger partial charge in [0.05, 0.1) is 12.8 Å².